The number of carbonyl (C=O) groups is 1. The molecule has 7 heteroatoms. The highest BCUT2D eigenvalue weighted by atomic mass is 16.2. The van der Waals surface area contributed by atoms with Gasteiger partial charge in [0.15, 0.2) is 0 Å². The van der Waals surface area contributed by atoms with E-state index in [0.29, 0.717) is 18.8 Å². The summed E-state index contributed by atoms with van der Waals surface area (Å²) in [7, 11) is 0. The van der Waals surface area contributed by atoms with Gasteiger partial charge in [-0.15, -0.1) is 0 Å². The quantitative estimate of drug-likeness (QED) is 0.378. The summed E-state index contributed by atoms with van der Waals surface area (Å²) < 4.78 is 3.96. The number of fused-ring (bicyclic) bond motifs is 1. The monoisotopic (exact) mass is 460 g/mol. The number of para-hydroxylation sites is 1. The predicted octanol–water partition coefficient (Wildman–Crippen LogP) is 5.01. The summed E-state index contributed by atoms with van der Waals surface area (Å²) in [6.45, 7) is 3.32. The van der Waals surface area contributed by atoms with Gasteiger partial charge in [-0.3, -0.25) is 9.78 Å². The SMILES string of the molecule is CC1c2cnc(-c3ccncc3)n2CCN1C(=O)c1cc(-c2ccccc2)nn1-c1ccccc1. The molecule has 0 spiro atoms. The molecule has 1 unspecified atom stereocenters. The first-order valence-corrected chi connectivity index (χ1v) is 11.7. The van der Waals surface area contributed by atoms with Crippen LogP contribution in [0.5, 0.6) is 0 Å². The molecule has 172 valence electrons. The Balaban J connectivity index is 1.38. The van der Waals surface area contributed by atoms with Gasteiger partial charge in [0.05, 0.1) is 29.3 Å². The van der Waals surface area contributed by atoms with E-state index in [2.05, 4.69) is 21.5 Å². The molecule has 1 amide bonds. The third-order valence-electron chi connectivity index (χ3n) is 6.54. The second-order valence-corrected chi connectivity index (χ2v) is 8.60. The number of hydrogen-bond donors (Lipinski definition) is 0. The molecule has 0 radical (unpaired) electrons. The van der Waals surface area contributed by atoms with Crippen LogP contribution in [-0.4, -0.2) is 41.7 Å². The predicted molar refractivity (Wildman–Crippen MR) is 134 cm³/mol. The number of amides is 1. The van der Waals surface area contributed by atoms with Crippen molar-refractivity contribution in [3.05, 3.63) is 109 Å². The van der Waals surface area contributed by atoms with Crippen molar-refractivity contribution in [3.63, 3.8) is 0 Å². The van der Waals surface area contributed by atoms with E-state index in [9.17, 15) is 4.79 Å². The lowest BCUT2D eigenvalue weighted by Gasteiger charge is -2.35. The Morgan fingerprint density at radius 3 is 2.34 bits per heavy atom. The Kier molecular flexibility index (Phi) is 5.22. The zero-order valence-electron chi connectivity index (χ0n) is 19.3. The third kappa shape index (κ3) is 3.71. The number of hydrogen-bond acceptors (Lipinski definition) is 4. The van der Waals surface area contributed by atoms with Crippen molar-refractivity contribution in [2.45, 2.75) is 19.5 Å². The third-order valence-corrected chi connectivity index (χ3v) is 6.54. The summed E-state index contributed by atoms with van der Waals surface area (Å²) in [6.07, 6.45) is 5.42. The number of aromatic nitrogens is 5. The van der Waals surface area contributed by atoms with Crippen molar-refractivity contribution in [2.24, 2.45) is 0 Å². The van der Waals surface area contributed by atoms with E-state index in [1.165, 1.54) is 0 Å². The van der Waals surface area contributed by atoms with Gasteiger partial charge in [-0.2, -0.15) is 5.10 Å². The average Bonchev–Trinajstić information content (AvgIpc) is 3.56. The number of benzene rings is 2. The van der Waals surface area contributed by atoms with Crippen molar-refractivity contribution in [1.29, 1.82) is 0 Å². The Morgan fingerprint density at radius 1 is 0.886 bits per heavy atom. The molecule has 5 aromatic rings. The van der Waals surface area contributed by atoms with Gasteiger partial charge in [0.2, 0.25) is 0 Å². The van der Waals surface area contributed by atoms with Gasteiger partial charge in [-0.05, 0) is 37.3 Å². The smallest absolute Gasteiger partial charge is 0.273 e. The summed E-state index contributed by atoms with van der Waals surface area (Å²) in [5.41, 5.74) is 5.19. The van der Waals surface area contributed by atoms with Crippen LogP contribution in [-0.2, 0) is 6.54 Å². The van der Waals surface area contributed by atoms with Crippen LogP contribution in [0.15, 0.2) is 97.5 Å². The van der Waals surface area contributed by atoms with E-state index < -0.39 is 0 Å². The van der Waals surface area contributed by atoms with Gasteiger partial charge >= 0.3 is 0 Å². The maximum absolute atomic E-state index is 14.0. The molecule has 7 nitrogen and oxygen atoms in total. The molecule has 4 heterocycles. The van der Waals surface area contributed by atoms with E-state index in [-0.39, 0.29) is 11.9 Å². The highest BCUT2D eigenvalue weighted by molar-refractivity contribution is 5.94. The zero-order valence-corrected chi connectivity index (χ0v) is 19.3. The standard InChI is InChI=1S/C28H24N6O/c1-20-26-19-30-27(22-12-14-29-15-13-22)33(26)17-16-32(20)28(35)25-18-24(21-8-4-2-5-9-21)31-34(25)23-10-6-3-7-11-23/h2-15,18-20H,16-17H2,1H3. The molecule has 0 saturated heterocycles. The van der Waals surface area contributed by atoms with Crippen LogP contribution in [0.1, 0.15) is 29.1 Å². The molecule has 0 bridgehead atoms. The Hall–Kier alpha value is -4.52. The van der Waals surface area contributed by atoms with Crippen LogP contribution < -0.4 is 0 Å². The lowest BCUT2D eigenvalue weighted by atomic mass is 10.1. The number of imidazole rings is 1. The van der Waals surface area contributed by atoms with Gasteiger partial charge in [-0.1, -0.05) is 48.5 Å². The second-order valence-electron chi connectivity index (χ2n) is 8.60. The van der Waals surface area contributed by atoms with Gasteiger partial charge in [0.1, 0.15) is 11.5 Å². The minimum atomic E-state index is -0.126. The maximum atomic E-state index is 14.0. The van der Waals surface area contributed by atoms with Gasteiger partial charge in [-0.25, -0.2) is 9.67 Å². The zero-order chi connectivity index (χ0) is 23.8. The molecule has 1 aliphatic heterocycles. The molecule has 0 aliphatic carbocycles. The van der Waals surface area contributed by atoms with Crippen LogP contribution >= 0.6 is 0 Å². The molecule has 0 N–H and O–H groups in total. The molecule has 3 aromatic heterocycles. The fraction of sp³-hybridized carbons (Fsp3) is 0.143. The molecular formula is C28H24N6O. The first-order valence-electron chi connectivity index (χ1n) is 11.7. The number of rotatable bonds is 4. The minimum absolute atomic E-state index is 0.0473. The molecule has 1 atom stereocenters. The summed E-state index contributed by atoms with van der Waals surface area (Å²) in [6, 6.07) is 25.4. The molecule has 0 fully saturated rings. The Bertz CT molecular complexity index is 1470. The van der Waals surface area contributed by atoms with Crippen molar-refractivity contribution in [2.75, 3.05) is 6.54 Å². The summed E-state index contributed by atoms with van der Waals surface area (Å²) in [4.78, 5) is 24.7. The Morgan fingerprint density at radius 2 is 1.60 bits per heavy atom. The van der Waals surface area contributed by atoms with Crippen LogP contribution in [0.4, 0.5) is 0 Å². The van der Waals surface area contributed by atoms with Crippen LogP contribution in [0, 0.1) is 0 Å². The van der Waals surface area contributed by atoms with Crippen LogP contribution in [0.25, 0.3) is 28.3 Å². The highest BCUT2D eigenvalue weighted by Gasteiger charge is 2.32. The average molecular weight is 461 g/mol. The Labute approximate surface area is 203 Å². The van der Waals surface area contributed by atoms with E-state index in [1.807, 2.05) is 90.0 Å². The summed E-state index contributed by atoms with van der Waals surface area (Å²) in [5.74, 6) is 0.857. The van der Waals surface area contributed by atoms with E-state index >= 15 is 0 Å². The first kappa shape index (κ1) is 21.0. The largest absolute Gasteiger partial charge is 0.327 e. The fourth-order valence-electron chi connectivity index (χ4n) is 4.72. The molecule has 35 heavy (non-hydrogen) atoms. The number of nitrogens with zero attached hydrogens (tertiary/aromatic N) is 6. The highest BCUT2D eigenvalue weighted by Crippen LogP contribution is 2.32. The van der Waals surface area contributed by atoms with Gasteiger partial charge in [0, 0.05) is 36.6 Å². The molecule has 1 aliphatic rings. The molecule has 2 aromatic carbocycles. The summed E-state index contributed by atoms with van der Waals surface area (Å²) >= 11 is 0. The van der Waals surface area contributed by atoms with Crippen molar-refractivity contribution >= 4 is 5.91 Å². The van der Waals surface area contributed by atoms with E-state index in [1.54, 1.807) is 17.1 Å². The maximum Gasteiger partial charge on any atom is 0.273 e. The fourth-order valence-corrected chi connectivity index (χ4v) is 4.72. The topological polar surface area (TPSA) is 68.8 Å². The van der Waals surface area contributed by atoms with E-state index in [0.717, 1.165) is 34.0 Å². The normalized spacial score (nSPS) is 15.1. The van der Waals surface area contributed by atoms with Crippen LogP contribution in [0.3, 0.4) is 0 Å². The lowest BCUT2D eigenvalue weighted by molar-refractivity contribution is 0.0635. The lowest BCUT2D eigenvalue weighted by Crippen LogP contribution is -2.41. The molecular weight excluding hydrogens is 436 g/mol. The van der Waals surface area contributed by atoms with Gasteiger partial charge < -0.3 is 9.47 Å². The van der Waals surface area contributed by atoms with Crippen molar-refractivity contribution in [1.82, 2.24) is 29.2 Å². The molecule has 0 saturated carbocycles. The summed E-state index contributed by atoms with van der Waals surface area (Å²) in [5, 5.41) is 4.83. The molecule has 6 rings (SSSR count). The second kappa shape index (κ2) is 8.68. The van der Waals surface area contributed by atoms with Crippen molar-refractivity contribution < 1.29 is 4.79 Å². The minimum Gasteiger partial charge on any atom is -0.327 e. The van der Waals surface area contributed by atoms with Crippen LogP contribution in [0.2, 0.25) is 0 Å². The van der Waals surface area contributed by atoms with E-state index in [4.69, 9.17) is 5.10 Å². The first-order chi connectivity index (χ1) is 17.2. The van der Waals surface area contributed by atoms with Gasteiger partial charge in [0.25, 0.3) is 5.91 Å². The number of carbonyl (C=O) groups excluding carboxylic acids is 1. The van der Waals surface area contributed by atoms with Crippen molar-refractivity contribution in [3.8, 4) is 28.3 Å². The number of pyridine rings is 1.